The molecule has 98 valence electrons. The van der Waals surface area contributed by atoms with Gasteiger partial charge >= 0.3 is 6.18 Å². The first-order valence-electron chi connectivity index (χ1n) is 5.07. The molecule has 1 aromatic rings. The van der Waals surface area contributed by atoms with Crippen LogP contribution in [0.25, 0.3) is 0 Å². The van der Waals surface area contributed by atoms with Crippen molar-refractivity contribution >= 4 is 33.4 Å². The third kappa shape index (κ3) is 2.23. The Hall–Kier alpha value is -0.750. The summed E-state index contributed by atoms with van der Waals surface area (Å²) in [6.07, 6.45) is -4.44. The number of amides is 1. The van der Waals surface area contributed by atoms with Gasteiger partial charge in [0.2, 0.25) is 0 Å². The van der Waals surface area contributed by atoms with E-state index in [1.54, 1.807) is 6.07 Å². The quantitative estimate of drug-likeness (QED) is 0.755. The molecule has 0 fully saturated rings. The predicted octanol–water partition coefficient (Wildman–Crippen LogP) is 4.01. The van der Waals surface area contributed by atoms with Crippen molar-refractivity contribution in [1.82, 2.24) is 4.90 Å². The Morgan fingerprint density at radius 1 is 1.44 bits per heavy atom. The lowest BCUT2D eigenvalue weighted by molar-refractivity contribution is -0.172. The second-order valence-electron chi connectivity index (χ2n) is 4.07. The Balaban J connectivity index is 2.40. The molecule has 0 saturated heterocycles. The highest BCUT2D eigenvalue weighted by molar-refractivity contribution is 9.10. The molecule has 1 amide bonds. The first-order valence-corrected chi connectivity index (χ1v) is 6.24. The van der Waals surface area contributed by atoms with Crippen LogP contribution in [0.4, 0.5) is 13.2 Å². The zero-order valence-corrected chi connectivity index (χ0v) is 11.5. The number of alkyl halides is 3. The van der Waals surface area contributed by atoms with E-state index < -0.39 is 18.1 Å². The third-order valence-electron chi connectivity index (χ3n) is 2.89. The van der Waals surface area contributed by atoms with Gasteiger partial charge < -0.3 is 4.90 Å². The van der Waals surface area contributed by atoms with Gasteiger partial charge in [-0.3, -0.25) is 4.79 Å². The van der Waals surface area contributed by atoms with Crippen LogP contribution in [0.3, 0.4) is 0 Å². The van der Waals surface area contributed by atoms with Crippen LogP contribution in [0.5, 0.6) is 0 Å². The number of rotatable bonds is 1. The Labute approximate surface area is 115 Å². The summed E-state index contributed by atoms with van der Waals surface area (Å²) in [5.74, 6) is -0.674. The highest BCUT2D eigenvalue weighted by Crippen LogP contribution is 2.36. The van der Waals surface area contributed by atoms with E-state index >= 15 is 0 Å². The number of hydrogen-bond acceptors (Lipinski definition) is 1. The van der Waals surface area contributed by atoms with E-state index in [1.165, 1.54) is 6.07 Å². The van der Waals surface area contributed by atoms with Gasteiger partial charge in [-0.2, -0.15) is 13.2 Å². The lowest BCUT2D eigenvalue weighted by Crippen LogP contribution is -2.43. The molecule has 1 atom stereocenters. The minimum atomic E-state index is -4.44. The van der Waals surface area contributed by atoms with Gasteiger partial charge in [0.15, 0.2) is 0 Å². The molecule has 0 bridgehead atoms. The van der Waals surface area contributed by atoms with E-state index in [4.69, 9.17) is 11.6 Å². The Morgan fingerprint density at radius 3 is 2.61 bits per heavy atom. The van der Waals surface area contributed by atoms with Crippen LogP contribution >= 0.6 is 27.5 Å². The molecular formula is C11H8BrClF3NO. The molecule has 0 N–H and O–H groups in total. The molecule has 0 aliphatic carbocycles. The fraction of sp³-hybridized carbons (Fsp3) is 0.364. The van der Waals surface area contributed by atoms with Gasteiger partial charge in [-0.05, 0) is 24.6 Å². The predicted molar refractivity (Wildman–Crippen MR) is 64.5 cm³/mol. The van der Waals surface area contributed by atoms with Crippen molar-refractivity contribution in [3.8, 4) is 0 Å². The molecule has 0 radical (unpaired) electrons. The maximum atomic E-state index is 12.6. The van der Waals surface area contributed by atoms with Crippen LogP contribution in [-0.2, 0) is 6.54 Å². The zero-order chi connectivity index (χ0) is 13.7. The largest absolute Gasteiger partial charge is 0.408 e. The molecule has 1 aliphatic heterocycles. The molecule has 0 spiro atoms. The fourth-order valence-corrected chi connectivity index (χ4v) is 2.84. The highest BCUT2D eigenvalue weighted by Gasteiger charge is 2.45. The molecule has 0 aromatic heterocycles. The third-order valence-corrected chi connectivity index (χ3v) is 3.65. The van der Waals surface area contributed by atoms with Crippen molar-refractivity contribution in [2.45, 2.75) is 25.7 Å². The first-order chi connectivity index (χ1) is 8.21. The summed E-state index contributed by atoms with van der Waals surface area (Å²) in [4.78, 5) is 12.7. The normalized spacial score (nSPS) is 17.0. The van der Waals surface area contributed by atoms with Crippen LogP contribution in [-0.4, -0.2) is 23.0 Å². The van der Waals surface area contributed by atoms with E-state index in [-0.39, 0.29) is 17.1 Å². The van der Waals surface area contributed by atoms with E-state index in [9.17, 15) is 18.0 Å². The van der Waals surface area contributed by atoms with Crippen molar-refractivity contribution in [1.29, 1.82) is 0 Å². The Bertz CT molecular complexity index is 518. The summed E-state index contributed by atoms with van der Waals surface area (Å²) in [7, 11) is 0. The number of nitrogens with zero attached hydrogens (tertiary/aromatic N) is 1. The lowest BCUT2D eigenvalue weighted by atomic mass is 10.1. The van der Waals surface area contributed by atoms with Crippen molar-refractivity contribution < 1.29 is 18.0 Å². The number of benzene rings is 1. The summed E-state index contributed by atoms with van der Waals surface area (Å²) < 4.78 is 38.6. The number of carbonyl (C=O) groups is 1. The molecule has 1 unspecified atom stereocenters. The van der Waals surface area contributed by atoms with Crippen LogP contribution in [0.1, 0.15) is 22.8 Å². The first kappa shape index (κ1) is 13.7. The second-order valence-corrected chi connectivity index (χ2v) is 5.40. The molecule has 0 saturated carbocycles. The topological polar surface area (TPSA) is 20.3 Å². The standard InChI is InChI=1S/C11H8BrClF3NO/c1-5(11(14,15)16)17-4-6-2-7(12)3-8(13)9(6)10(17)18/h2-3,5H,4H2,1H3. The summed E-state index contributed by atoms with van der Waals surface area (Å²) in [6, 6.07) is 1.29. The van der Waals surface area contributed by atoms with Crippen molar-refractivity contribution in [3.05, 3.63) is 32.8 Å². The van der Waals surface area contributed by atoms with Crippen LogP contribution in [0.15, 0.2) is 16.6 Å². The van der Waals surface area contributed by atoms with Gasteiger partial charge in [0.25, 0.3) is 5.91 Å². The summed E-state index contributed by atoms with van der Waals surface area (Å²) >= 11 is 9.09. The van der Waals surface area contributed by atoms with Crippen LogP contribution in [0.2, 0.25) is 5.02 Å². The fourth-order valence-electron chi connectivity index (χ4n) is 1.88. The SMILES string of the molecule is CC(N1Cc2cc(Br)cc(Cl)c2C1=O)C(F)(F)F. The maximum Gasteiger partial charge on any atom is 0.408 e. The Morgan fingerprint density at radius 2 is 2.06 bits per heavy atom. The molecule has 7 heteroatoms. The van der Waals surface area contributed by atoms with Gasteiger partial charge in [-0.15, -0.1) is 0 Å². The average Bonchev–Trinajstić information content (AvgIpc) is 2.53. The summed E-state index contributed by atoms with van der Waals surface area (Å²) in [6.45, 7) is 0.890. The van der Waals surface area contributed by atoms with E-state index in [0.717, 1.165) is 11.8 Å². The summed E-state index contributed by atoms with van der Waals surface area (Å²) in [5.41, 5.74) is 0.673. The van der Waals surface area contributed by atoms with Gasteiger partial charge in [0, 0.05) is 11.0 Å². The van der Waals surface area contributed by atoms with Gasteiger partial charge in [0.1, 0.15) is 6.04 Å². The van der Waals surface area contributed by atoms with E-state index in [1.807, 2.05) is 0 Å². The molecule has 18 heavy (non-hydrogen) atoms. The maximum absolute atomic E-state index is 12.6. The molecular weight excluding hydrogens is 334 g/mol. The zero-order valence-electron chi connectivity index (χ0n) is 9.18. The van der Waals surface area contributed by atoms with Crippen molar-refractivity contribution in [2.75, 3.05) is 0 Å². The number of halogens is 5. The van der Waals surface area contributed by atoms with Gasteiger partial charge in [-0.1, -0.05) is 27.5 Å². The minimum Gasteiger partial charge on any atom is -0.322 e. The summed E-state index contributed by atoms with van der Waals surface area (Å²) in [5, 5.41) is 0.168. The second kappa shape index (κ2) is 4.42. The van der Waals surface area contributed by atoms with Crippen LogP contribution < -0.4 is 0 Å². The molecule has 1 heterocycles. The van der Waals surface area contributed by atoms with Crippen molar-refractivity contribution in [2.24, 2.45) is 0 Å². The molecule has 1 aliphatic rings. The smallest absolute Gasteiger partial charge is 0.322 e. The molecule has 1 aromatic carbocycles. The highest BCUT2D eigenvalue weighted by atomic mass is 79.9. The van der Waals surface area contributed by atoms with Crippen molar-refractivity contribution in [3.63, 3.8) is 0 Å². The van der Waals surface area contributed by atoms with Crippen LogP contribution in [0, 0.1) is 0 Å². The minimum absolute atomic E-state index is 0.0754. The monoisotopic (exact) mass is 341 g/mol. The van der Waals surface area contributed by atoms with Gasteiger partial charge in [-0.25, -0.2) is 0 Å². The van der Waals surface area contributed by atoms with E-state index in [2.05, 4.69) is 15.9 Å². The Kier molecular flexibility index (Phi) is 3.36. The average molecular weight is 343 g/mol. The van der Waals surface area contributed by atoms with E-state index in [0.29, 0.717) is 10.0 Å². The number of fused-ring (bicyclic) bond motifs is 1. The lowest BCUT2D eigenvalue weighted by Gasteiger charge is -2.26. The molecule has 2 rings (SSSR count). The number of carbonyl (C=O) groups excluding carboxylic acids is 1. The number of hydrogen-bond donors (Lipinski definition) is 0. The molecule has 2 nitrogen and oxygen atoms in total. The van der Waals surface area contributed by atoms with Gasteiger partial charge in [0.05, 0.1) is 10.6 Å².